The average molecular weight is 145 g/mol. The van der Waals surface area contributed by atoms with E-state index in [1.165, 1.54) is 0 Å². The first-order valence-corrected chi connectivity index (χ1v) is 3.74. The molecule has 3 nitrogen and oxygen atoms in total. The number of aliphatic hydroxyl groups is 1. The van der Waals surface area contributed by atoms with Gasteiger partial charge in [0.15, 0.2) is 0 Å². The van der Waals surface area contributed by atoms with E-state index in [0.717, 1.165) is 13.1 Å². The van der Waals surface area contributed by atoms with Crippen molar-refractivity contribution in [1.29, 1.82) is 0 Å². The fraction of sp³-hybridized carbons (Fsp3) is 1.00. The number of rotatable bonds is 2. The molecule has 0 aromatic rings. The molecule has 0 amide bonds. The van der Waals surface area contributed by atoms with Gasteiger partial charge in [-0.3, -0.25) is 4.90 Å². The molecule has 0 aromatic carbocycles. The van der Waals surface area contributed by atoms with Crippen LogP contribution >= 0.6 is 0 Å². The predicted molar refractivity (Wildman–Crippen MR) is 38.7 cm³/mol. The normalized spacial score (nSPS) is 35.1. The highest BCUT2D eigenvalue weighted by Crippen LogP contribution is 2.13. The molecule has 1 saturated heterocycles. The number of hydrogen-bond donors (Lipinski definition) is 1. The van der Waals surface area contributed by atoms with Crippen LogP contribution in [-0.2, 0) is 4.74 Å². The highest BCUT2D eigenvalue weighted by molar-refractivity contribution is 4.71. The van der Waals surface area contributed by atoms with Gasteiger partial charge in [0.05, 0.1) is 12.7 Å². The third kappa shape index (κ3) is 1.68. The van der Waals surface area contributed by atoms with Gasteiger partial charge in [-0.05, 0) is 13.8 Å². The maximum Gasteiger partial charge on any atom is 0.108 e. The average Bonchev–Trinajstić information content (AvgIpc) is 2.13. The topological polar surface area (TPSA) is 32.7 Å². The molecule has 0 aliphatic carbocycles. The van der Waals surface area contributed by atoms with E-state index in [4.69, 9.17) is 9.84 Å². The summed E-state index contributed by atoms with van der Waals surface area (Å²) >= 11 is 0. The predicted octanol–water partition coefficient (Wildman–Crippen LogP) is 0.0454. The van der Waals surface area contributed by atoms with Gasteiger partial charge in [-0.1, -0.05) is 0 Å². The quantitative estimate of drug-likeness (QED) is 0.595. The van der Waals surface area contributed by atoms with Crippen LogP contribution in [0, 0.1) is 0 Å². The van der Waals surface area contributed by atoms with Crippen LogP contribution in [0.15, 0.2) is 0 Å². The Morgan fingerprint density at radius 1 is 1.60 bits per heavy atom. The third-order valence-corrected chi connectivity index (χ3v) is 1.82. The van der Waals surface area contributed by atoms with Crippen molar-refractivity contribution in [1.82, 2.24) is 4.90 Å². The second kappa shape index (κ2) is 3.32. The fourth-order valence-electron chi connectivity index (χ4n) is 1.35. The highest BCUT2D eigenvalue weighted by atomic mass is 16.5. The Morgan fingerprint density at radius 3 is 2.70 bits per heavy atom. The van der Waals surface area contributed by atoms with E-state index < -0.39 is 0 Å². The molecule has 1 unspecified atom stereocenters. The second-order valence-electron chi connectivity index (χ2n) is 2.76. The van der Waals surface area contributed by atoms with Gasteiger partial charge in [0, 0.05) is 13.1 Å². The molecule has 1 fully saturated rings. The Hall–Kier alpha value is -0.120. The zero-order valence-electron chi connectivity index (χ0n) is 6.58. The first kappa shape index (κ1) is 7.98. The smallest absolute Gasteiger partial charge is 0.108 e. The standard InChI is InChI=1S/C7H15NO2/c1-6-5-8(3-4-9)7(2)10-6/h6-7,9H,3-5H2,1-2H3/t6-,7?/m1/s1. The Balaban J connectivity index is 2.31. The largest absolute Gasteiger partial charge is 0.395 e. The highest BCUT2D eigenvalue weighted by Gasteiger charge is 2.25. The van der Waals surface area contributed by atoms with Crippen molar-refractivity contribution in [2.45, 2.75) is 26.2 Å². The third-order valence-electron chi connectivity index (χ3n) is 1.82. The summed E-state index contributed by atoms with van der Waals surface area (Å²) in [5.74, 6) is 0. The lowest BCUT2D eigenvalue weighted by Gasteiger charge is -2.16. The van der Waals surface area contributed by atoms with E-state index in [2.05, 4.69) is 4.90 Å². The summed E-state index contributed by atoms with van der Waals surface area (Å²) < 4.78 is 5.44. The van der Waals surface area contributed by atoms with Crippen molar-refractivity contribution < 1.29 is 9.84 Å². The first-order chi connectivity index (χ1) is 4.74. The van der Waals surface area contributed by atoms with E-state index in [9.17, 15) is 0 Å². The number of aliphatic hydroxyl groups excluding tert-OH is 1. The molecule has 10 heavy (non-hydrogen) atoms. The van der Waals surface area contributed by atoms with Gasteiger partial charge in [0.25, 0.3) is 0 Å². The number of ether oxygens (including phenoxy) is 1. The van der Waals surface area contributed by atoms with Crippen LogP contribution in [-0.4, -0.2) is 42.0 Å². The molecule has 3 heteroatoms. The van der Waals surface area contributed by atoms with E-state index >= 15 is 0 Å². The van der Waals surface area contributed by atoms with Gasteiger partial charge < -0.3 is 9.84 Å². The molecule has 0 saturated carbocycles. The van der Waals surface area contributed by atoms with Crippen LogP contribution in [0.5, 0.6) is 0 Å². The van der Waals surface area contributed by atoms with Crippen LogP contribution in [0.25, 0.3) is 0 Å². The summed E-state index contributed by atoms with van der Waals surface area (Å²) in [4.78, 5) is 2.13. The van der Waals surface area contributed by atoms with Gasteiger partial charge in [-0.2, -0.15) is 0 Å². The Kier molecular flexibility index (Phi) is 2.65. The maximum atomic E-state index is 8.63. The molecule has 2 atom stereocenters. The van der Waals surface area contributed by atoms with E-state index in [1.807, 2.05) is 13.8 Å². The summed E-state index contributed by atoms with van der Waals surface area (Å²) in [6.07, 6.45) is 0.503. The lowest BCUT2D eigenvalue weighted by molar-refractivity contribution is 0.0153. The Morgan fingerprint density at radius 2 is 2.30 bits per heavy atom. The molecule has 60 valence electrons. The van der Waals surface area contributed by atoms with Gasteiger partial charge in [-0.15, -0.1) is 0 Å². The molecular weight excluding hydrogens is 130 g/mol. The van der Waals surface area contributed by atoms with Gasteiger partial charge in [0.1, 0.15) is 6.23 Å². The van der Waals surface area contributed by atoms with E-state index in [0.29, 0.717) is 6.10 Å². The minimum Gasteiger partial charge on any atom is -0.395 e. The molecular formula is C7H15NO2. The van der Waals surface area contributed by atoms with Crippen molar-refractivity contribution in [2.75, 3.05) is 19.7 Å². The van der Waals surface area contributed by atoms with E-state index in [-0.39, 0.29) is 12.8 Å². The van der Waals surface area contributed by atoms with Gasteiger partial charge >= 0.3 is 0 Å². The molecule has 1 rings (SSSR count). The van der Waals surface area contributed by atoms with Crippen molar-refractivity contribution in [3.05, 3.63) is 0 Å². The van der Waals surface area contributed by atoms with Gasteiger partial charge in [-0.25, -0.2) is 0 Å². The van der Waals surface area contributed by atoms with Crippen LogP contribution in [0.4, 0.5) is 0 Å². The van der Waals surface area contributed by atoms with Crippen LogP contribution in [0.1, 0.15) is 13.8 Å². The Labute approximate surface area is 61.6 Å². The van der Waals surface area contributed by atoms with Crippen LogP contribution in [0.2, 0.25) is 0 Å². The number of hydrogen-bond acceptors (Lipinski definition) is 3. The summed E-state index contributed by atoms with van der Waals surface area (Å²) in [5.41, 5.74) is 0. The van der Waals surface area contributed by atoms with E-state index in [1.54, 1.807) is 0 Å². The first-order valence-electron chi connectivity index (χ1n) is 3.74. The zero-order chi connectivity index (χ0) is 7.56. The molecule has 0 spiro atoms. The second-order valence-corrected chi connectivity index (χ2v) is 2.76. The van der Waals surface area contributed by atoms with Crippen LogP contribution < -0.4 is 0 Å². The molecule has 1 heterocycles. The lowest BCUT2D eigenvalue weighted by atomic mass is 10.4. The zero-order valence-corrected chi connectivity index (χ0v) is 6.58. The van der Waals surface area contributed by atoms with Crippen LogP contribution in [0.3, 0.4) is 0 Å². The number of nitrogens with zero attached hydrogens (tertiary/aromatic N) is 1. The summed E-state index contributed by atoms with van der Waals surface area (Å²) in [5, 5.41) is 8.63. The molecule has 0 bridgehead atoms. The summed E-state index contributed by atoms with van der Waals surface area (Å²) in [6, 6.07) is 0. The SMILES string of the molecule is CC1O[C@H](C)CN1CCO. The molecule has 1 N–H and O–H groups in total. The molecule has 0 aromatic heterocycles. The summed E-state index contributed by atoms with van der Waals surface area (Å²) in [6.45, 7) is 5.96. The monoisotopic (exact) mass is 145 g/mol. The van der Waals surface area contributed by atoms with Crippen molar-refractivity contribution >= 4 is 0 Å². The minimum atomic E-state index is 0.183. The van der Waals surface area contributed by atoms with Crippen molar-refractivity contribution in [3.63, 3.8) is 0 Å². The fourth-order valence-corrected chi connectivity index (χ4v) is 1.35. The molecule has 0 radical (unpaired) electrons. The van der Waals surface area contributed by atoms with Crippen molar-refractivity contribution in [2.24, 2.45) is 0 Å². The Bertz CT molecular complexity index is 108. The minimum absolute atomic E-state index is 0.183. The molecule has 1 aliphatic rings. The summed E-state index contributed by atoms with van der Waals surface area (Å²) in [7, 11) is 0. The maximum absolute atomic E-state index is 8.63. The number of β-amino-alcohol motifs (C(OH)–C–C–N with tert-alkyl or cyclic N) is 1. The van der Waals surface area contributed by atoms with Crippen molar-refractivity contribution in [3.8, 4) is 0 Å². The lowest BCUT2D eigenvalue weighted by Crippen LogP contribution is -2.30. The van der Waals surface area contributed by atoms with Gasteiger partial charge in [0.2, 0.25) is 0 Å². The molecule has 1 aliphatic heterocycles.